The molecule has 2 fully saturated rings. The maximum absolute atomic E-state index is 4.68. The number of nitrogens with zero attached hydrogens (tertiary/aromatic N) is 2. The van der Waals surface area contributed by atoms with Crippen LogP contribution < -0.4 is 10.6 Å². The normalized spacial score (nSPS) is 31.8. The highest BCUT2D eigenvalue weighted by atomic mass is 15.2. The zero-order valence-corrected chi connectivity index (χ0v) is 8.34. The first-order chi connectivity index (χ1) is 6.45. The molecule has 0 aromatic carbocycles. The maximum atomic E-state index is 4.68. The van der Waals surface area contributed by atoms with E-state index < -0.39 is 0 Å². The second-order valence-corrected chi connectivity index (χ2v) is 4.13. The lowest BCUT2D eigenvalue weighted by Gasteiger charge is -2.21. The molecule has 2 aliphatic heterocycles. The summed E-state index contributed by atoms with van der Waals surface area (Å²) in [7, 11) is 0. The molecule has 3 heteroatoms. The van der Waals surface area contributed by atoms with Gasteiger partial charge in [-0.15, -0.1) is 0 Å². The lowest BCUT2D eigenvalue weighted by Crippen LogP contribution is -2.40. The van der Waals surface area contributed by atoms with Crippen molar-refractivity contribution in [3.8, 4) is 0 Å². The van der Waals surface area contributed by atoms with Crippen molar-refractivity contribution in [2.24, 2.45) is 0 Å². The van der Waals surface area contributed by atoms with Crippen molar-refractivity contribution in [3.63, 3.8) is 0 Å². The monoisotopic (exact) mass is 182 g/mol. The number of hydrogen-bond donors (Lipinski definition) is 1. The van der Waals surface area contributed by atoms with Crippen LogP contribution >= 0.6 is 0 Å². The van der Waals surface area contributed by atoms with Crippen LogP contribution in [0.25, 0.3) is 0 Å². The van der Waals surface area contributed by atoms with Crippen molar-refractivity contribution in [1.29, 1.82) is 0 Å². The molecule has 0 spiro atoms. The Hall–Kier alpha value is -0.120. The number of likely N-dealkylation sites (tertiary alicyclic amines) is 1. The first-order valence-electron chi connectivity index (χ1n) is 5.55. The molecule has 3 nitrogen and oxygen atoms in total. The molecule has 1 radical (unpaired) electrons. The summed E-state index contributed by atoms with van der Waals surface area (Å²) in [5.74, 6) is 0. The highest BCUT2D eigenvalue weighted by Crippen LogP contribution is 2.08. The van der Waals surface area contributed by atoms with Crippen LogP contribution in [0.3, 0.4) is 0 Å². The molecule has 2 saturated heterocycles. The van der Waals surface area contributed by atoms with Gasteiger partial charge in [0, 0.05) is 25.7 Å². The standard InChI is InChI=1S/C10H20N3/c1-2-7-13(6-1)9-10-8-11-4-3-5-12-10/h10-11H,1-9H2. The van der Waals surface area contributed by atoms with Gasteiger partial charge in [0.25, 0.3) is 0 Å². The molecule has 0 aromatic heterocycles. The molecular formula is C10H20N3. The number of rotatable bonds is 2. The van der Waals surface area contributed by atoms with E-state index in [1.54, 1.807) is 0 Å². The predicted molar refractivity (Wildman–Crippen MR) is 53.9 cm³/mol. The van der Waals surface area contributed by atoms with Crippen LogP contribution in [0, 0.1) is 0 Å². The van der Waals surface area contributed by atoms with Crippen molar-refractivity contribution in [2.45, 2.75) is 25.3 Å². The van der Waals surface area contributed by atoms with E-state index in [0.717, 1.165) is 19.6 Å². The van der Waals surface area contributed by atoms with Crippen LogP contribution in [0.5, 0.6) is 0 Å². The van der Waals surface area contributed by atoms with Gasteiger partial charge in [0.15, 0.2) is 0 Å². The summed E-state index contributed by atoms with van der Waals surface area (Å²) in [4.78, 5) is 2.56. The van der Waals surface area contributed by atoms with E-state index in [-0.39, 0.29) is 0 Å². The molecule has 2 aliphatic rings. The van der Waals surface area contributed by atoms with E-state index in [1.807, 2.05) is 0 Å². The molecule has 2 rings (SSSR count). The molecule has 0 amide bonds. The van der Waals surface area contributed by atoms with Gasteiger partial charge >= 0.3 is 0 Å². The van der Waals surface area contributed by atoms with Gasteiger partial charge in [0.05, 0.1) is 0 Å². The quantitative estimate of drug-likeness (QED) is 0.654. The summed E-state index contributed by atoms with van der Waals surface area (Å²) < 4.78 is 0. The summed E-state index contributed by atoms with van der Waals surface area (Å²) in [6.45, 7) is 7.09. The van der Waals surface area contributed by atoms with Gasteiger partial charge in [0.2, 0.25) is 0 Å². The van der Waals surface area contributed by atoms with E-state index in [0.29, 0.717) is 6.04 Å². The van der Waals surface area contributed by atoms with Crippen LogP contribution in [0.1, 0.15) is 19.3 Å². The smallest absolute Gasteiger partial charge is 0.0497 e. The van der Waals surface area contributed by atoms with Gasteiger partial charge in [0.1, 0.15) is 0 Å². The van der Waals surface area contributed by atoms with E-state index in [4.69, 9.17) is 0 Å². The first-order valence-corrected chi connectivity index (χ1v) is 5.55. The lowest BCUT2D eigenvalue weighted by atomic mass is 10.3. The third-order valence-electron chi connectivity index (χ3n) is 2.95. The molecule has 0 bridgehead atoms. The second kappa shape index (κ2) is 4.94. The fourth-order valence-electron chi connectivity index (χ4n) is 2.20. The summed E-state index contributed by atoms with van der Waals surface area (Å²) in [5, 5.41) is 8.13. The third-order valence-corrected chi connectivity index (χ3v) is 2.95. The largest absolute Gasteiger partial charge is 0.315 e. The minimum absolute atomic E-state index is 0.556. The minimum Gasteiger partial charge on any atom is -0.315 e. The Bertz CT molecular complexity index is 135. The Labute approximate surface area is 80.9 Å². The zero-order valence-electron chi connectivity index (χ0n) is 8.34. The fourth-order valence-corrected chi connectivity index (χ4v) is 2.20. The van der Waals surface area contributed by atoms with Gasteiger partial charge in [-0.2, -0.15) is 0 Å². The van der Waals surface area contributed by atoms with Crippen molar-refractivity contribution in [1.82, 2.24) is 15.5 Å². The van der Waals surface area contributed by atoms with Gasteiger partial charge < -0.3 is 10.2 Å². The predicted octanol–water partition coefficient (Wildman–Crippen LogP) is 0.0485. The van der Waals surface area contributed by atoms with E-state index in [2.05, 4.69) is 15.5 Å². The number of hydrogen-bond acceptors (Lipinski definition) is 2. The molecule has 13 heavy (non-hydrogen) atoms. The molecule has 0 aliphatic carbocycles. The highest BCUT2D eigenvalue weighted by Gasteiger charge is 2.18. The Morgan fingerprint density at radius 1 is 1.23 bits per heavy atom. The van der Waals surface area contributed by atoms with Crippen molar-refractivity contribution < 1.29 is 0 Å². The summed E-state index contributed by atoms with van der Waals surface area (Å²) >= 11 is 0. The van der Waals surface area contributed by atoms with Crippen LogP contribution in [0.4, 0.5) is 0 Å². The van der Waals surface area contributed by atoms with Gasteiger partial charge in [-0.05, 0) is 38.9 Å². The molecule has 75 valence electrons. The summed E-state index contributed by atoms with van der Waals surface area (Å²) in [6, 6.07) is 0.556. The van der Waals surface area contributed by atoms with Crippen LogP contribution in [-0.2, 0) is 0 Å². The molecule has 0 saturated carbocycles. The molecule has 0 aromatic rings. The van der Waals surface area contributed by atoms with E-state index in [9.17, 15) is 0 Å². The van der Waals surface area contributed by atoms with E-state index in [1.165, 1.54) is 38.9 Å². The zero-order chi connectivity index (χ0) is 8.93. The summed E-state index contributed by atoms with van der Waals surface area (Å²) in [5.41, 5.74) is 0. The van der Waals surface area contributed by atoms with Crippen LogP contribution in [0.15, 0.2) is 0 Å². The van der Waals surface area contributed by atoms with Crippen LogP contribution in [0.2, 0.25) is 0 Å². The van der Waals surface area contributed by atoms with Crippen LogP contribution in [-0.4, -0.2) is 50.2 Å². The van der Waals surface area contributed by atoms with Gasteiger partial charge in [-0.3, -0.25) is 0 Å². The minimum atomic E-state index is 0.556. The summed E-state index contributed by atoms with van der Waals surface area (Å²) in [6.07, 6.45) is 4.00. The maximum Gasteiger partial charge on any atom is 0.0497 e. The number of nitrogens with one attached hydrogen (secondary N) is 1. The van der Waals surface area contributed by atoms with Gasteiger partial charge in [-0.25, -0.2) is 5.32 Å². The Kier molecular flexibility index (Phi) is 3.58. The molecule has 1 atom stereocenters. The van der Waals surface area contributed by atoms with Crippen molar-refractivity contribution in [2.75, 3.05) is 39.3 Å². The van der Waals surface area contributed by atoms with Crippen molar-refractivity contribution in [3.05, 3.63) is 0 Å². The lowest BCUT2D eigenvalue weighted by molar-refractivity contribution is 0.290. The SMILES string of the molecule is C1C[N]C(CN2CCCC2)CNC1. The molecule has 2 heterocycles. The van der Waals surface area contributed by atoms with Crippen molar-refractivity contribution >= 4 is 0 Å². The van der Waals surface area contributed by atoms with E-state index >= 15 is 0 Å². The average Bonchev–Trinajstić information content (AvgIpc) is 2.49. The molecule has 1 unspecified atom stereocenters. The molecule has 1 N–H and O–H groups in total. The third kappa shape index (κ3) is 2.93. The average molecular weight is 182 g/mol. The highest BCUT2D eigenvalue weighted by molar-refractivity contribution is 4.78. The topological polar surface area (TPSA) is 29.4 Å². The second-order valence-electron chi connectivity index (χ2n) is 4.13. The Morgan fingerprint density at radius 3 is 2.92 bits per heavy atom. The molecular weight excluding hydrogens is 162 g/mol. The Morgan fingerprint density at radius 2 is 2.08 bits per heavy atom. The fraction of sp³-hybridized carbons (Fsp3) is 1.00. The first kappa shape index (κ1) is 9.44. The van der Waals surface area contributed by atoms with Gasteiger partial charge in [-0.1, -0.05) is 0 Å². The Balaban J connectivity index is 1.71.